The maximum atomic E-state index is 10.7. The van der Waals surface area contributed by atoms with Gasteiger partial charge in [0.05, 0.1) is 16.3 Å². The van der Waals surface area contributed by atoms with Crippen LogP contribution in [-0.4, -0.2) is 21.8 Å². The van der Waals surface area contributed by atoms with Gasteiger partial charge in [-0.1, -0.05) is 6.07 Å². The number of nitrogens with one attached hydrogen (secondary N) is 1. The van der Waals surface area contributed by atoms with Crippen LogP contribution in [0.1, 0.15) is 11.3 Å². The van der Waals surface area contributed by atoms with E-state index in [0.29, 0.717) is 5.69 Å². The van der Waals surface area contributed by atoms with E-state index < -0.39 is 4.92 Å². The maximum Gasteiger partial charge on any atom is 0.271 e. The smallest absolute Gasteiger partial charge is 0.271 e. The zero-order valence-electron chi connectivity index (χ0n) is 10.3. The fourth-order valence-electron chi connectivity index (χ4n) is 1.74. The Labute approximate surface area is 104 Å². The second-order valence-corrected chi connectivity index (χ2v) is 3.99. The first-order chi connectivity index (χ1) is 8.61. The predicted octanol–water partition coefficient (Wildman–Crippen LogP) is 1.81. The summed E-state index contributed by atoms with van der Waals surface area (Å²) >= 11 is 0. The topological polar surface area (TPSA) is 73.0 Å². The molecule has 0 bridgehead atoms. The van der Waals surface area contributed by atoms with E-state index in [1.54, 1.807) is 16.8 Å². The molecule has 6 nitrogen and oxygen atoms in total. The van der Waals surface area contributed by atoms with Gasteiger partial charge in [-0.05, 0) is 20.0 Å². The minimum Gasteiger partial charge on any atom is -0.316 e. The van der Waals surface area contributed by atoms with E-state index in [4.69, 9.17) is 0 Å². The highest BCUT2D eigenvalue weighted by Crippen LogP contribution is 2.17. The normalized spacial score (nSPS) is 10.6. The van der Waals surface area contributed by atoms with Crippen molar-refractivity contribution in [2.45, 2.75) is 13.5 Å². The summed E-state index contributed by atoms with van der Waals surface area (Å²) in [7, 11) is 1.87. The molecule has 94 valence electrons. The highest BCUT2D eigenvalue weighted by atomic mass is 16.6. The Kier molecular flexibility index (Phi) is 3.38. The molecule has 0 aliphatic rings. The fraction of sp³-hybridized carbons (Fsp3) is 0.250. The Morgan fingerprint density at radius 3 is 2.94 bits per heavy atom. The molecular weight excluding hydrogens is 232 g/mol. The van der Waals surface area contributed by atoms with Crippen LogP contribution in [0.2, 0.25) is 0 Å². The van der Waals surface area contributed by atoms with Crippen LogP contribution < -0.4 is 5.32 Å². The van der Waals surface area contributed by atoms with Crippen LogP contribution in [0.3, 0.4) is 0 Å². The second kappa shape index (κ2) is 4.97. The van der Waals surface area contributed by atoms with Crippen molar-refractivity contribution in [3.8, 4) is 5.69 Å². The van der Waals surface area contributed by atoms with E-state index in [-0.39, 0.29) is 5.69 Å². The standard InChI is InChI=1S/C12H14N4O2/c1-9-10(7-13-2)8-15(14-9)11-4-3-5-12(6-11)16(17)18/h3-6,8,13H,7H2,1-2H3. The Hall–Kier alpha value is -2.21. The zero-order valence-corrected chi connectivity index (χ0v) is 10.3. The highest BCUT2D eigenvalue weighted by molar-refractivity contribution is 5.43. The molecule has 1 heterocycles. The van der Waals surface area contributed by atoms with Gasteiger partial charge in [0.15, 0.2) is 0 Å². The molecule has 0 radical (unpaired) electrons. The van der Waals surface area contributed by atoms with Crippen molar-refractivity contribution in [3.05, 3.63) is 51.8 Å². The molecule has 0 aliphatic heterocycles. The monoisotopic (exact) mass is 246 g/mol. The van der Waals surface area contributed by atoms with Crippen LogP contribution in [0, 0.1) is 17.0 Å². The first-order valence-electron chi connectivity index (χ1n) is 5.56. The minimum atomic E-state index is -0.408. The molecule has 0 spiro atoms. The lowest BCUT2D eigenvalue weighted by atomic mass is 10.2. The molecule has 0 atom stereocenters. The molecule has 1 aromatic carbocycles. The number of non-ortho nitro benzene ring substituents is 1. The van der Waals surface area contributed by atoms with Crippen molar-refractivity contribution >= 4 is 5.69 Å². The molecule has 0 amide bonds. The number of hydrogen-bond acceptors (Lipinski definition) is 4. The number of nitro groups is 1. The Bertz CT molecular complexity index is 577. The third-order valence-corrected chi connectivity index (χ3v) is 2.67. The summed E-state index contributed by atoms with van der Waals surface area (Å²) in [4.78, 5) is 10.3. The summed E-state index contributed by atoms with van der Waals surface area (Å²) in [6.07, 6.45) is 1.88. The molecule has 0 saturated heterocycles. The van der Waals surface area contributed by atoms with E-state index >= 15 is 0 Å². The molecule has 6 heteroatoms. The molecule has 0 unspecified atom stereocenters. The third-order valence-electron chi connectivity index (χ3n) is 2.67. The first-order valence-corrected chi connectivity index (χ1v) is 5.56. The van der Waals surface area contributed by atoms with Crippen LogP contribution in [-0.2, 0) is 6.54 Å². The number of nitrogens with zero attached hydrogens (tertiary/aromatic N) is 3. The van der Waals surface area contributed by atoms with Gasteiger partial charge in [0.25, 0.3) is 5.69 Å². The van der Waals surface area contributed by atoms with Crippen molar-refractivity contribution < 1.29 is 4.92 Å². The maximum absolute atomic E-state index is 10.7. The summed E-state index contributed by atoms with van der Waals surface area (Å²) in [5.41, 5.74) is 2.74. The lowest BCUT2D eigenvalue weighted by Gasteiger charge is -2.00. The van der Waals surface area contributed by atoms with Crippen LogP contribution >= 0.6 is 0 Å². The van der Waals surface area contributed by atoms with Crippen LogP contribution in [0.4, 0.5) is 5.69 Å². The Morgan fingerprint density at radius 1 is 1.50 bits per heavy atom. The lowest BCUT2D eigenvalue weighted by molar-refractivity contribution is -0.384. The third kappa shape index (κ3) is 2.38. The molecule has 0 fully saturated rings. The highest BCUT2D eigenvalue weighted by Gasteiger charge is 2.09. The summed E-state index contributed by atoms with van der Waals surface area (Å²) < 4.78 is 1.66. The van der Waals surface area contributed by atoms with Crippen molar-refractivity contribution in [1.29, 1.82) is 0 Å². The van der Waals surface area contributed by atoms with Gasteiger partial charge in [-0.2, -0.15) is 5.10 Å². The molecule has 1 aromatic heterocycles. The molecule has 2 aromatic rings. The van der Waals surface area contributed by atoms with Gasteiger partial charge in [-0.3, -0.25) is 10.1 Å². The number of hydrogen-bond donors (Lipinski definition) is 1. The molecule has 1 N–H and O–H groups in total. The van der Waals surface area contributed by atoms with Crippen LogP contribution in [0.15, 0.2) is 30.5 Å². The fourth-order valence-corrected chi connectivity index (χ4v) is 1.74. The van der Waals surface area contributed by atoms with E-state index in [0.717, 1.165) is 17.8 Å². The van der Waals surface area contributed by atoms with Crippen LogP contribution in [0.25, 0.3) is 5.69 Å². The van der Waals surface area contributed by atoms with Crippen LogP contribution in [0.5, 0.6) is 0 Å². The molecule has 2 rings (SSSR count). The van der Waals surface area contributed by atoms with Gasteiger partial charge in [-0.15, -0.1) is 0 Å². The van der Waals surface area contributed by atoms with E-state index in [1.807, 2.05) is 20.2 Å². The van der Waals surface area contributed by atoms with E-state index in [9.17, 15) is 10.1 Å². The number of benzene rings is 1. The molecular formula is C12H14N4O2. The number of nitro benzene ring substituents is 1. The quantitative estimate of drug-likeness (QED) is 0.659. The summed E-state index contributed by atoms with van der Waals surface area (Å²) in [5.74, 6) is 0. The molecule has 18 heavy (non-hydrogen) atoms. The molecule has 0 aliphatic carbocycles. The van der Waals surface area contributed by atoms with Crippen molar-refractivity contribution in [2.24, 2.45) is 0 Å². The summed E-state index contributed by atoms with van der Waals surface area (Å²) in [5, 5.41) is 18.1. The summed E-state index contributed by atoms with van der Waals surface area (Å²) in [6, 6.07) is 6.43. The van der Waals surface area contributed by atoms with Gasteiger partial charge < -0.3 is 5.32 Å². The second-order valence-electron chi connectivity index (χ2n) is 3.99. The Morgan fingerprint density at radius 2 is 2.28 bits per heavy atom. The lowest BCUT2D eigenvalue weighted by Crippen LogP contribution is -2.05. The van der Waals surface area contributed by atoms with Gasteiger partial charge in [-0.25, -0.2) is 4.68 Å². The zero-order chi connectivity index (χ0) is 13.1. The first kappa shape index (κ1) is 12.3. The van der Waals surface area contributed by atoms with Gasteiger partial charge >= 0.3 is 0 Å². The summed E-state index contributed by atoms with van der Waals surface area (Å²) in [6.45, 7) is 2.64. The minimum absolute atomic E-state index is 0.0656. The van der Waals surface area contributed by atoms with Gasteiger partial charge in [0.2, 0.25) is 0 Å². The van der Waals surface area contributed by atoms with E-state index in [2.05, 4.69) is 10.4 Å². The largest absolute Gasteiger partial charge is 0.316 e. The van der Waals surface area contributed by atoms with Crippen molar-refractivity contribution in [1.82, 2.24) is 15.1 Å². The van der Waals surface area contributed by atoms with Gasteiger partial charge in [0, 0.05) is 30.4 Å². The van der Waals surface area contributed by atoms with Crippen molar-refractivity contribution in [3.63, 3.8) is 0 Å². The van der Waals surface area contributed by atoms with Gasteiger partial charge in [0.1, 0.15) is 0 Å². The average molecular weight is 246 g/mol. The number of aryl methyl sites for hydroxylation is 1. The number of aromatic nitrogens is 2. The SMILES string of the molecule is CNCc1cn(-c2cccc([N+](=O)[O-])c2)nc1C. The van der Waals surface area contributed by atoms with E-state index in [1.165, 1.54) is 12.1 Å². The van der Waals surface area contributed by atoms with Crippen molar-refractivity contribution in [2.75, 3.05) is 7.05 Å². The Balaban J connectivity index is 2.39. The predicted molar refractivity (Wildman–Crippen MR) is 67.7 cm³/mol. The average Bonchev–Trinajstić information content (AvgIpc) is 2.72. The molecule has 0 saturated carbocycles. The number of rotatable bonds is 4.